The molecule has 100 valence electrons. The number of nitrogens with one attached hydrogen (secondary N) is 1. The number of carbonyl (C=O) groups is 1. The molecule has 1 aliphatic rings. The molecule has 0 fully saturated rings. The molecular formula is C15H18N2O2. The van der Waals surface area contributed by atoms with Crippen LogP contribution in [0.15, 0.2) is 48.2 Å². The second-order valence-corrected chi connectivity index (χ2v) is 4.97. The van der Waals surface area contributed by atoms with Crippen molar-refractivity contribution in [2.45, 2.75) is 13.8 Å². The first-order valence-electron chi connectivity index (χ1n) is 6.32. The summed E-state index contributed by atoms with van der Waals surface area (Å²) in [5.41, 5.74) is 5.31. The average Bonchev–Trinajstić information content (AvgIpc) is 2.38. The van der Waals surface area contributed by atoms with Crippen molar-refractivity contribution in [2.24, 2.45) is 5.92 Å². The summed E-state index contributed by atoms with van der Waals surface area (Å²) in [4.78, 5) is 11.2. The van der Waals surface area contributed by atoms with E-state index in [0.29, 0.717) is 11.5 Å². The Bertz CT molecular complexity index is 518. The Labute approximate surface area is 113 Å². The highest BCUT2D eigenvalue weighted by molar-refractivity contribution is 5.93. The van der Waals surface area contributed by atoms with Gasteiger partial charge in [-0.3, -0.25) is 10.4 Å². The van der Waals surface area contributed by atoms with Crippen LogP contribution in [0.2, 0.25) is 0 Å². The van der Waals surface area contributed by atoms with Gasteiger partial charge < -0.3 is 5.11 Å². The van der Waals surface area contributed by atoms with Gasteiger partial charge in [0.15, 0.2) is 0 Å². The third kappa shape index (κ3) is 3.37. The minimum atomic E-state index is -0.913. The molecule has 4 nitrogen and oxygen atoms in total. The van der Waals surface area contributed by atoms with Crippen LogP contribution in [-0.4, -0.2) is 22.6 Å². The van der Waals surface area contributed by atoms with E-state index in [-0.39, 0.29) is 0 Å². The van der Waals surface area contributed by atoms with E-state index in [1.54, 1.807) is 12.3 Å². The lowest BCUT2D eigenvalue weighted by Gasteiger charge is -2.29. The van der Waals surface area contributed by atoms with Crippen molar-refractivity contribution >= 4 is 11.7 Å². The van der Waals surface area contributed by atoms with Crippen molar-refractivity contribution in [2.75, 3.05) is 6.54 Å². The van der Waals surface area contributed by atoms with Crippen molar-refractivity contribution < 1.29 is 9.90 Å². The number of hydrogen-bond donors (Lipinski definition) is 2. The number of nitrogens with zero attached hydrogens (tertiary/aromatic N) is 1. The Morgan fingerprint density at radius 1 is 1.32 bits per heavy atom. The summed E-state index contributed by atoms with van der Waals surface area (Å²) < 4.78 is 0. The van der Waals surface area contributed by atoms with E-state index < -0.39 is 5.97 Å². The maximum absolute atomic E-state index is 11.2. The largest absolute Gasteiger partial charge is 0.478 e. The Kier molecular flexibility index (Phi) is 3.90. The van der Waals surface area contributed by atoms with Crippen LogP contribution in [0.25, 0.3) is 5.70 Å². The predicted octanol–water partition coefficient (Wildman–Crippen LogP) is 2.47. The van der Waals surface area contributed by atoms with E-state index in [1.165, 1.54) is 0 Å². The molecule has 1 aromatic rings. The number of hydrogen-bond acceptors (Lipinski definition) is 3. The molecule has 0 saturated carbocycles. The summed E-state index contributed by atoms with van der Waals surface area (Å²) in [6.45, 7) is 4.94. The van der Waals surface area contributed by atoms with Crippen LogP contribution in [0.4, 0.5) is 0 Å². The molecule has 0 aliphatic carbocycles. The molecule has 0 radical (unpaired) electrons. The summed E-state index contributed by atoms with van der Waals surface area (Å²) in [5, 5.41) is 11.0. The Hall–Kier alpha value is -2.23. The number of carboxylic acids is 1. The van der Waals surface area contributed by atoms with Gasteiger partial charge in [0.25, 0.3) is 0 Å². The summed E-state index contributed by atoms with van der Waals surface area (Å²) >= 11 is 0. The zero-order valence-electron chi connectivity index (χ0n) is 11.1. The molecule has 0 atom stereocenters. The van der Waals surface area contributed by atoms with Crippen molar-refractivity contribution in [1.82, 2.24) is 10.4 Å². The smallest absolute Gasteiger partial charge is 0.337 e. The molecule has 2 N–H and O–H groups in total. The van der Waals surface area contributed by atoms with Gasteiger partial charge in [0.1, 0.15) is 0 Å². The van der Waals surface area contributed by atoms with Gasteiger partial charge in [-0.1, -0.05) is 44.2 Å². The van der Waals surface area contributed by atoms with Gasteiger partial charge in [-0.15, -0.1) is 0 Å². The third-order valence-electron chi connectivity index (χ3n) is 2.75. The van der Waals surface area contributed by atoms with Gasteiger partial charge >= 0.3 is 5.97 Å². The standard InChI is InChI=1S/C15H18N2O2/c1-11(2)9-17-10-13(15(18)19)8-14(16-17)12-6-4-3-5-7-12/h3-8,10-11,16H,9H2,1-2H3,(H,18,19). The first-order chi connectivity index (χ1) is 9.06. The van der Waals surface area contributed by atoms with E-state index in [1.807, 2.05) is 35.3 Å². The molecule has 0 saturated heterocycles. The fraction of sp³-hybridized carbons (Fsp3) is 0.267. The maximum atomic E-state index is 11.2. The average molecular weight is 258 g/mol. The zero-order valence-corrected chi connectivity index (χ0v) is 11.1. The normalized spacial score (nSPS) is 14.8. The van der Waals surface area contributed by atoms with Gasteiger partial charge in [0, 0.05) is 12.7 Å². The summed E-state index contributed by atoms with van der Waals surface area (Å²) in [5.74, 6) is -0.474. The molecule has 0 aromatic heterocycles. The van der Waals surface area contributed by atoms with Gasteiger partial charge in [0.2, 0.25) is 0 Å². The third-order valence-corrected chi connectivity index (χ3v) is 2.75. The first kappa shape index (κ1) is 13.2. The molecule has 19 heavy (non-hydrogen) atoms. The fourth-order valence-electron chi connectivity index (χ4n) is 1.95. The van der Waals surface area contributed by atoms with Crippen molar-refractivity contribution in [3.63, 3.8) is 0 Å². The first-order valence-corrected chi connectivity index (χ1v) is 6.32. The minimum Gasteiger partial charge on any atom is -0.478 e. The molecule has 1 aromatic carbocycles. The van der Waals surface area contributed by atoms with Crippen LogP contribution < -0.4 is 5.43 Å². The SMILES string of the molecule is CC(C)CN1C=C(C(=O)O)C=C(c2ccccc2)N1. The molecule has 1 heterocycles. The number of hydrazine groups is 1. The predicted molar refractivity (Wildman–Crippen MR) is 74.8 cm³/mol. The highest BCUT2D eigenvalue weighted by Gasteiger charge is 2.17. The minimum absolute atomic E-state index is 0.290. The summed E-state index contributed by atoms with van der Waals surface area (Å²) in [7, 11) is 0. The quantitative estimate of drug-likeness (QED) is 0.871. The zero-order chi connectivity index (χ0) is 13.8. The van der Waals surface area contributed by atoms with Crippen LogP contribution in [0, 0.1) is 5.92 Å². The van der Waals surface area contributed by atoms with Crippen molar-refractivity contribution in [3.05, 3.63) is 53.7 Å². The summed E-state index contributed by atoms with van der Waals surface area (Å²) in [6, 6.07) is 9.72. The Morgan fingerprint density at radius 3 is 2.58 bits per heavy atom. The van der Waals surface area contributed by atoms with E-state index in [2.05, 4.69) is 19.3 Å². The highest BCUT2D eigenvalue weighted by atomic mass is 16.4. The second-order valence-electron chi connectivity index (χ2n) is 4.97. The van der Waals surface area contributed by atoms with Gasteiger partial charge in [-0.05, 0) is 17.6 Å². The Balaban J connectivity index is 2.29. The van der Waals surface area contributed by atoms with Crippen molar-refractivity contribution in [3.8, 4) is 0 Å². The molecule has 1 aliphatic heterocycles. The van der Waals surface area contributed by atoms with Gasteiger partial charge in [0.05, 0.1) is 11.3 Å². The highest BCUT2D eigenvalue weighted by Crippen LogP contribution is 2.19. The molecule has 4 heteroatoms. The molecule has 0 unspecified atom stereocenters. The molecular weight excluding hydrogens is 240 g/mol. The maximum Gasteiger partial charge on any atom is 0.337 e. The van der Waals surface area contributed by atoms with Crippen LogP contribution >= 0.6 is 0 Å². The van der Waals surface area contributed by atoms with Crippen LogP contribution in [0.3, 0.4) is 0 Å². The second kappa shape index (κ2) is 5.61. The monoisotopic (exact) mass is 258 g/mol. The van der Waals surface area contributed by atoms with E-state index in [9.17, 15) is 9.90 Å². The lowest BCUT2D eigenvalue weighted by molar-refractivity contribution is -0.132. The lowest BCUT2D eigenvalue weighted by Crippen LogP contribution is -2.38. The number of benzene rings is 1. The number of aliphatic carboxylic acids is 1. The topological polar surface area (TPSA) is 52.6 Å². The Morgan fingerprint density at radius 2 is 2.00 bits per heavy atom. The fourth-order valence-corrected chi connectivity index (χ4v) is 1.95. The van der Waals surface area contributed by atoms with E-state index >= 15 is 0 Å². The molecule has 0 bridgehead atoms. The van der Waals surface area contributed by atoms with Gasteiger partial charge in [-0.2, -0.15) is 0 Å². The van der Waals surface area contributed by atoms with E-state index in [4.69, 9.17) is 0 Å². The van der Waals surface area contributed by atoms with Crippen molar-refractivity contribution in [1.29, 1.82) is 0 Å². The van der Waals surface area contributed by atoms with Crippen LogP contribution in [0.5, 0.6) is 0 Å². The van der Waals surface area contributed by atoms with Crippen LogP contribution in [-0.2, 0) is 4.79 Å². The summed E-state index contributed by atoms with van der Waals surface area (Å²) in [6.07, 6.45) is 3.29. The number of rotatable bonds is 4. The van der Waals surface area contributed by atoms with Gasteiger partial charge in [-0.25, -0.2) is 4.79 Å². The van der Waals surface area contributed by atoms with E-state index in [0.717, 1.165) is 17.8 Å². The molecule has 0 spiro atoms. The lowest BCUT2D eigenvalue weighted by atomic mass is 10.1. The number of carboxylic acid groups (broad SMARTS) is 1. The molecule has 0 amide bonds. The van der Waals surface area contributed by atoms with Crippen LogP contribution in [0.1, 0.15) is 19.4 Å². The molecule has 2 rings (SSSR count).